The lowest BCUT2D eigenvalue weighted by Gasteiger charge is -2.05. The van der Waals surface area contributed by atoms with Crippen LogP contribution < -0.4 is 16.3 Å². The molecule has 13 heteroatoms. The minimum absolute atomic E-state index is 0.0246. The molecular weight excluding hydrogens is 412 g/mol. The third-order valence-electron chi connectivity index (χ3n) is 3.81. The molecule has 0 spiro atoms. The van der Waals surface area contributed by atoms with Crippen molar-refractivity contribution >= 4 is 35.2 Å². The first-order valence-corrected chi connectivity index (χ1v) is 9.10. The molecule has 3 aromatic heterocycles. The molecule has 0 unspecified atom stereocenters. The number of rotatable bonds is 6. The van der Waals surface area contributed by atoms with Gasteiger partial charge in [0.1, 0.15) is 5.69 Å². The van der Waals surface area contributed by atoms with Crippen molar-refractivity contribution in [1.82, 2.24) is 30.7 Å². The van der Waals surface area contributed by atoms with Crippen LogP contribution in [0.5, 0.6) is 0 Å². The smallest absolute Gasteiger partial charge is 0.294 e. The summed E-state index contributed by atoms with van der Waals surface area (Å²) in [5.74, 6) is -1.88. The van der Waals surface area contributed by atoms with E-state index in [0.717, 1.165) is 11.3 Å². The summed E-state index contributed by atoms with van der Waals surface area (Å²) in [6.45, 7) is 0. The second kappa shape index (κ2) is 7.92. The van der Waals surface area contributed by atoms with Crippen molar-refractivity contribution < 1.29 is 19.3 Å². The molecule has 30 heavy (non-hydrogen) atoms. The molecule has 3 N–H and O–H groups in total. The Bertz CT molecular complexity index is 1240. The van der Waals surface area contributed by atoms with E-state index in [1.165, 1.54) is 23.0 Å². The van der Waals surface area contributed by atoms with Crippen molar-refractivity contribution in [3.8, 4) is 17.1 Å². The second-order valence-corrected chi connectivity index (χ2v) is 6.84. The molecular formula is C17H11N8O4S-. The summed E-state index contributed by atoms with van der Waals surface area (Å²) in [6, 6.07) is 11.8. The standard InChI is InChI=1S/C17H12N8O4S/c18-14-15(23-29-22-14)25-13(9-4-2-1-3-5-9)12(20-24-25)16(26)21-19-8-10-6-7-11(30-10)17(27)28/h1-8H,(H2,18,22)(H,21,26)(H,27,28)/p-1/b19-8-. The second-order valence-electron chi connectivity index (χ2n) is 5.73. The average molecular weight is 423 g/mol. The van der Waals surface area contributed by atoms with Crippen LogP contribution in [-0.4, -0.2) is 43.4 Å². The van der Waals surface area contributed by atoms with Gasteiger partial charge in [0, 0.05) is 10.4 Å². The number of carbonyl (C=O) groups excluding carboxylic acids is 2. The number of nitrogens with zero attached hydrogens (tertiary/aromatic N) is 6. The van der Waals surface area contributed by atoms with E-state index in [-0.39, 0.29) is 22.2 Å². The van der Waals surface area contributed by atoms with Gasteiger partial charge in [-0.05, 0) is 22.4 Å². The molecule has 0 fully saturated rings. The summed E-state index contributed by atoms with van der Waals surface area (Å²) < 4.78 is 5.85. The van der Waals surface area contributed by atoms with E-state index in [4.69, 9.17) is 5.73 Å². The maximum Gasteiger partial charge on any atom is 0.294 e. The van der Waals surface area contributed by atoms with Gasteiger partial charge in [-0.1, -0.05) is 35.5 Å². The Morgan fingerprint density at radius 3 is 2.67 bits per heavy atom. The maximum absolute atomic E-state index is 12.7. The molecule has 0 aliphatic heterocycles. The van der Waals surface area contributed by atoms with E-state index < -0.39 is 11.9 Å². The van der Waals surface area contributed by atoms with Gasteiger partial charge < -0.3 is 15.6 Å². The van der Waals surface area contributed by atoms with Gasteiger partial charge in [0.25, 0.3) is 5.91 Å². The number of amides is 1. The zero-order chi connectivity index (χ0) is 21.1. The Morgan fingerprint density at radius 2 is 2.00 bits per heavy atom. The lowest BCUT2D eigenvalue weighted by Crippen LogP contribution is -2.20. The number of hydrogen-bond donors (Lipinski definition) is 2. The van der Waals surface area contributed by atoms with Crippen molar-refractivity contribution in [2.75, 3.05) is 5.73 Å². The molecule has 4 rings (SSSR count). The van der Waals surface area contributed by atoms with Crippen molar-refractivity contribution in [3.63, 3.8) is 0 Å². The van der Waals surface area contributed by atoms with E-state index in [2.05, 4.69) is 35.8 Å². The lowest BCUT2D eigenvalue weighted by molar-refractivity contribution is -0.254. The number of aromatic nitrogens is 5. The van der Waals surface area contributed by atoms with Gasteiger partial charge in [0.15, 0.2) is 5.69 Å². The predicted molar refractivity (Wildman–Crippen MR) is 103 cm³/mol. The molecule has 0 saturated heterocycles. The van der Waals surface area contributed by atoms with Crippen molar-refractivity contribution in [1.29, 1.82) is 0 Å². The topological polar surface area (TPSA) is 177 Å². The predicted octanol–water partition coefficient (Wildman–Crippen LogP) is 0.0884. The number of carbonyl (C=O) groups is 2. The summed E-state index contributed by atoms with van der Waals surface area (Å²) in [6.07, 6.45) is 1.31. The highest BCUT2D eigenvalue weighted by Crippen LogP contribution is 2.26. The molecule has 150 valence electrons. The first kappa shape index (κ1) is 18.9. The van der Waals surface area contributed by atoms with Crippen LogP contribution >= 0.6 is 11.3 Å². The third kappa shape index (κ3) is 3.64. The van der Waals surface area contributed by atoms with Crippen molar-refractivity contribution in [2.45, 2.75) is 0 Å². The Kier molecular flexibility index (Phi) is 5.00. The van der Waals surface area contributed by atoms with Crippen LogP contribution in [-0.2, 0) is 0 Å². The van der Waals surface area contributed by atoms with Gasteiger partial charge in [-0.2, -0.15) is 9.78 Å². The number of nitrogen functional groups attached to an aromatic ring is 1. The first-order valence-electron chi connectivity index (χ1n) is 8.28. The van der Waals surface area contributed by atoms with Crippen LogP contribution in [0.3, 0.4) is 0 Å². The maximum atomic E-state index is 12.7. The van der Waals surface area contributed by atoms with E-state index in [1.54, 1.807) is 24.3 Å². The Labute approximate surface area is 171 Å². The van der Waals surface area contributed by atoms with Crippen LogP contribution in [0.2, 0.25) is 0 Å². The van der Waals surface area contributed by atoms with E-state index >= 15 is 0 Å². The highest BCUT2D eigenvalue weighted by Gasteiger charge is 2.24. The number of thiophene rings is 1. The lowest BCUT2D eigenvalue weighted by atomic mass is 10.1. The number of benzene rings is 1. The minimum Gasteiger partial charge on any atom is -0.544 e. The molecule has 4 aromatic rings. The molecule has 1 amide bonds. The largest absolute Gasteiger partial charge is 0.544 e. The Hall–Kier alpha value is -4.39. The number of hydrazone groups is 1. The number of hydrogen-bond acceptors (Lipinski definition) is 11. The quantitative estimate of drug-likeness (QED) is 0.321. The van der Waals surface area contributed by atoms with Gasteiger partial charge in [-0.3, -0.25) is 4.79 Å². The number of carboxylic acid groups (broad SMARTS) is 1. The molecule has 1 aromatic carbocycles. The van der Waals surface area contributed by atoms with Crippen molar-refractivity contribution in [2.24, 2.45) is 5.10 Å². The molecule has 0 radical (unpaired) electrons. The van der Waals surface area contributed by atoms with Gasteiger partial charge in [0.2, 0.25) is 11.6 Å². The highest BCUT2D eigenvalue weighted by atomic mass is 32.1. The SMILES string of the molecule is Nc1nonc1-n1nnc(C(=O)N/N=C\c2ccc(C(=O)[O-])s2)c1-c1ccccc1. The van der Waals surface area contributed by atoms with Gasteiger partial charge in [-0.25, -0.2) is 10.1 Å². The van der Waals surface area contributed by atoms with Crippen LogP contribution in [0.4, 0.5) is 5.82 Å². The molecule has 0 bridgehead atoms. The average Bonchev–Trinajstić information content (AvgIpc) is 3.47. The number of anilines is 1. The third-order valence-corrected chi connectivity index (χ3v) is 4.81. The van der Waals surface area contributed by atoms with Crippen molar-refractivity contribution in [3.05, 3.63) is 57.9 Å². The zero-order valence-corrected chi connectivity index (χ0v) is 15.7. The first-order chi connectivity index (χ1) is 14.5. The fraction of sp³-hybridized carbons (Fsp3) is 0. The monoisotopic (exact) mass is 423 g/mol. The molecule has 3 heterocycles. The molecule has 12 nitrogen and oxygen atoms in total. The molecule has 0 aliphatic rings. The number of nitrogens with one attached hydrogen (secondary N) is 1. The van der Waals surface area contributed by atoms with Crippen LogP contribution in [0.15, 0.2) is 52.2 Å². The zero-order valence-electron chi connectivity index (χ0n) is 14.9. The van der Waals surface area contributed by atoms with E-state index in [1.807, 2.05) is 6.07 Å². The summed E-state index contributed by atoms with van der Waals surface area (Å²) >= 11 is 0.958. The summed E-state index contributed by atoms with van der Waals surface area (Å²) in [5.41, 5.74) is 8.97. The van der Waals surface area contributed by atoms with Crippen LogP contribution in [0, 0.1) is 0 Å². The number of nitrogens with two attached hydrogens (primary N) is 1. The number of aromatic carboxylic acids is 1. The molecule has 0 saturated carbocycles. The number of carboxylic acids is 1. The van der Waals surface area contributed by atoms with E-state index in [0.29, 0.717) is 16.1 Å². The molecule has 0 aliphatic carbocycles. The van der Waals surface area contributed by atoms with Gasteiger partial charge in [0.05, 0.1) is 17.1 Å². The van der Waals surface area contributed by atoms with Gasteiger partial charge in [-0.15, -0.1) is 16.4 Å². The summed E-state index contributed by atoms with van der Waals surface area (Å²) in [4.78, 5) is 24.1. The van der Waals surface area contributed by atoms with Crippen LogP contribution in [0.25, 0.3) is 17.1 Å². The van der Waals surface area contributed by atoms with Gasteiger partial charge >= 0.3 is 0 Å². The Morgan fingerprint density at radius 1 is 1.20 bits per heavy atom. The Balaban J connectivity index is 1.64. The molecule has 0 atom stereocenters. The van der Waals surface area contributed by atoms with E-state index in [9.17, 15) is 14.7 Å². The highest BCUT2D eigenvalue weighted by molar-refractivity contribution is 7.15. The normalized spacial score (nSPS) is 11.1. The fourth-order valence-corrected chi connectivity index (χ4v) is 3.23. The van der Waals surface area contributed by atoms with Crippen LogP contribution in [0.1, 0.15) is 25.0 Å². The summed E-state index contributed by atoms with van der Waals surface area (Å²) in [7, 11) is 0. The fourth-order valence-electron chi connectivity index (χ4n) is 2.52. The minimum atomic E-state index is -1.28. The summed E-state index contributed by atoms with van der Waals surface area (Å²) in [5, 5.41) is 29.7.